The molecule has 0 heterocycles. The number of hydrogen-bond donors (Lipinski definition) is 1. The molecule has 0 unspecified atom stereocenters. The highest BCUT2D eigenvalue weighted by Crippen LogP contribution is 2.28. The molecule has 1 N–H and O–H groups in total. The minimum absolute atomic E-state index is 0.0651. The van der Waals surface area contributed by atoms with Gasteiger partial charge in [-0.05, 0) is 53.4 Å². The molecule has 1 atom stereocenters. The lowest BCUT2D eigenvalue weighted by molar-refractivity contribution is -0.139. The molecule has 8 nitrogen and oxygen atoms in total. The molecule has 0 spiro atoms. The first-order chi connectivity index (χ1) is 20.8. The molecule has 9 heteroatoms. The van der Waals surface area contributed by atoms with Crippen LogP contribution in [0.25, 0.3) is 0 Å². The third-order valence-corrected chi connectivity index (χ3v) is 9.03. The van der Waals surface area contributed by atoms with Crippen LogP contribution in [0.4, 0.5) is 5.69 Å². The summed E-state index contributed by atoms with van der Waals surface area (Å²) in [5.41, 5.74) is 2.80. The molecule has 4 aromatic carbocycles. The molecule has 0 aliphatic carbocycles. The Bertz CT molecular complexity index is 1630. The second-order valence-corrected chi connectivity index (χ2v) is 11.9. The Balaban J connectivity index is 1.81. The molecule has 0 bridgehead atoms. The summed E-state index contributed by atoms with van der Waals surface area (Å²) in [7, 11) is -1.06. The fraction of sp³-hybridized carbons (Fsp3) is 0.235. The standard InChI is InChI=1S/C34H37N3O5S/c1-4-28-17-11-12-21-31(28)37(43(40,41)30-19-9-6-10-20-30)25-33(38)36(24-27-16-13-18-29(22-27)42-3)32(34(39)35-2)23-26-14-7-5-8-15-26/h5-22,32H,4,23-25H2,1-3H3,(H,35,39)/t32-/m0/s1. The molecule has 0 fully saturated rings. The number of para-hydroxylation sites is 1. The number of ether oxygens (including phenoxy) is 1. The second-order valence-electron chi connectivity index (χ2n) is 10.00. The van der Waals surface area contributed by atoms with E-state index in [-0.39, 0.29) is 23.8 Å². The molecule has 0 aliphatic heterocycles. The molecule has 0 saturated carbocycles. The Morgan fingerprint density at radius 1 is 0.837 bits per heavy atom. The first-order valence-corrected chi connectivity index (χ1v) is 15.6. The summed E-state index contributed by atoms with van der Waals surface area (Å²) < 4.78 is 34.8. The van der Waals surface area contributed by atoms with Crippen LogP contribution < -0.4 is 14.4 Å². The number of methoxy groups -OCH3 is 1. The third kappa shape index (κ3) is 7.61. The van der Waals surface area contributed by atoms with Crippen molar-refractivity contribution in [1.29, 1.82) is 0 Å². The first kappa shape index (κ1) is 31.3. The Kier molecular flexibility index (Phi) is 10.6. The topological polar surface area (TPSA) is 96.0 Å². The van der Waals surface area contributed by atoms with Gasteiger partial charge < -0.3 is 15.0 Å². The normalized spacial score (nSPS) is 11.8. The van der Waals surface area contributed by atoms with Crippen molar-refractivity contribution in [2.24, 2.45) is 0 Å². The SMILES string of the molecule is CCc1ccccc1N(CC(=O)N(Cc1cccc(OC)c1)[C@@H](Cc1ccccc1)C(=O)NC)S(=O)(=O)c1ccccc1. The van der Waals surface area contributed by atoms with Crippen LogP contribution in [-0.2, 0) is 39.0 Å². The lowest BCUT2D eigenvalue weighted by atomic mass is 10.0. The molecule has 224 valence electrons. The van der Waals surface area contributed by atoms with Gasteiger partial charge in [-0.3, -0.25) is 13.9 Å². The summed E-state index contributed by atoms with van der Waals surface area (Å²) in [6.07, 6.45) is 0.806. The summed E-state index contributed by atoms with van der Waals surface area (Å²) in [6.45, 7) is 1.50. The van der Waals surface area contributed by atoms with E-state index >= 15 is 0 Å². The average molecular weight is 600 g/mol. The number of amides is 2. The molecular weight excluding hydrogens is 562 g/mol. The van der Waals surface area contributed by atoms with Crippen molar-refractivity contribution < 1.29 is 22.7 Å². The maximum atomic E-state index is 14.4. The smallest absolute Gasteiger partial charge is 0.264 e. The fourth-order valence-corrected chi connectivity index (χ4v) is 6.45. The van der Waals surface area contributed by atoms with Gasteiger partial charge in [0.05, 0.1) is 17.7 Å². The fourth-order valence-electron chi connectivity index (χ4n) is 4.97. The van der Waals surface area contributed by atoms with E-state index in [2.05, 4.69) is 5.32 Å². The average Bonchev–Trinajstić information content (AvgIpc) is 3.05. The van der Waals surface area contributed by atoms with E-state index in [1.807, 2.05) is 61.5 Å². The number of carbonyl (C=O) groups is 2. The van der Waals surface area contributed by atoms with Crippen LogP contribution in [-0.4, -0.2) is 51.9 Å². The number of benzene rings is 4. The number of likely N-dealkylation sites (N-methyl/N-ethyl adjacent to an activating group) is 1. The molecular formula is C34H37N3O5S. The van der Waals surface area contributed by atoms with Crippen molar-refractivity contribution in [3.05, 3.63) is 126 Å². The highest BCUT2D eigenvalue weighted by Gasteiger charge is 2.34. The predicted molar refractivity (Wildman–Crippen MR) is 168 cm³/mol. The number of hydrogen-bond acceptors (Lipinski definition) is 5. The Hall–Kier alpha value is -4.63. The lowest BCUT2D eigenvalue weighted by Crippen LogP contribution is -2.53. The van der Waals surface area contributed by atoms with Crippen LogP contribution in [0.15, 0.2) is 114 Å². The zero-order chi connectivity index (χ0) is 30.8. The van der Waals surface area contributed by atoms with Crippen LogP contribution >= 0.6 is 0 Å². The third-order valence-electron chi connectivity index (χ3n) is 7.26. The van der Waals surface area contributed by atoms with E-state index in [0.717, 1.165) is 21.0 Å². The minimum atomic E-state index is -4.14. The summed E-state index contributed by atoms with van der Waals surface area (Å²) in [4.78, 5) is 29.3. The summed E-state index contributed by atoms with van der Waals surface area (Å²) >= 11 is 0. The summed E-state index contributed by atoms with van der Waals surface area (Å²) in [5.74, 6) is -0.265. The quantitative estimate of drug-likeness (QED) is 0.237. The number of sulfonamides is 1. The maximum Gasteiger partial charge on any atom is 0.264 e. The van der Waals surface area contributed by atoms with Crippen LogP contribution in [0.3, 0.4) is 0 Å². The number of carbonyl (C=O) groups excluding carboxylic acids is 2. The second kappa shape index (κ2) is 14.5. The van der Waals surface area contributed by atoms with Crippen molar-refractivity contribution in [3.8, 4) is 5.75 Å². The van der Waals surface area contributed by atoms with E-state index in [9.17, 15) is 18.0 Å². The molecule has 0 radical (unpaired) electrons. The summed E-state index contributed by atoms with van der Waals surface area (Å²) in [6, 6.07) is 31.0. The number of nitrogens with one attached hydrogen (secondary N) is 1. The van der Waals surface area contributed by atoms with Gasteiger partial charge in [-0.25, -0.2) is 8.42 Å². The predicted octanol–water partition coefficient (Wildman–Crippen LogP) is 4.84. The zero-order valence-electron chi connectivity index (χ0n) is 24.6. The molecule has 0 saturated heterocycles. The van der Waals surface area contributed by atoms with Crippen molar-refractivity contribution in [2.45, 2.75) is 37.2 Å². The van der Waals surface area contributed by atoms with Crippen LogP contribution in [0.5, 0.6) is 5.75 Å². The largest absolute Gasteiger partial charge is 0.497 e. The van der Waals surface area contributed by atoms with Crippen LogP contribution in [0.1, 0.15) is 23.6 Å². The number of rotatable bonds is 13. The monoisotopic (exact) mass is 599 g/mol. The minimum Gasteiger partial charge on any atom is -0.497 e. The van der Waals surface area contributed by atoms with E-state index < -0.39 is 28.5 Å². The van der Waals surface area contributed by atoms with Gasteiger partial charge in [0.25, 0.3) is 10.0 Å². The lowest BCUT2D eigenvalue weighted by Gasteiger charge is -2.34. The van der Waals surface area contributed by atoms with Crippen molar-refractivity contribution in [3.63, 3.8) is 0 Å². The highest BCUT2D eigenvalue weighted by atomic mass is 32.2. The van der Waals surface area contributed by atoms with Crippen LogP contribution in [0.2, 0.25) is 0 Å². The van der Waals surface area contributed by atoms with Crippen molar-refractivity contribution in [2.75, 3.05) is 25.0 Å². The Morgan fingerprint density at radius 2 is 1.47 bits per heavy atom. The zero-order valence-corrected chi connectivity index (χ0v) is 25.5. The highest BCUT2D eigenvalue weighted by molar-refractivity contribution is 7.92. The Labute approximate surface area is 254 Å². The number of anilines is 1. The Morgan fingerprint density at radius 3 is 2.12 bits per heavy atom. The van der Waals surface area contributed by atoms with Gasteiger partial charge in [0.2, 0.25) is 11.8 Å². The van der Waals surface area contributed by atoms with Gasteiger partial charge >= 0.3 is 0 Å². The van der Waals surface area contributed by atoms with E-state index in [1.54, 1.807) is 49.6 Å². The van der Waals surface area contributed by atoms with Crippen molar-refractivity contribution in [1.82, 2.24) is 10.2 Å². The van der Waals surface area contributed by atoms with Crippen molar-refractivity contribution >= 4 is 27.5 Å². The first-order valence-electron chi connectivity index (χ1n) is 14.1. The van der Waals surface area contributed by atoms with Gasteiger partial charge in [0.15, 0.2) is 0 Å². The molecule has 4 aromatic rings. The molecule has 2 amide bonds. The van der Waals surface area contributed by atoms with Gasteiger partial charge in [-0.2, -0.15) is 0 Å². The van der Waals surface area contributed by atoms with Gasteiger partial charge in [0, 0.05) is 20.0 Å². The number of nitrogens with zero attached hydrogens (tertiary/aromatic N) is 2. The van der Waals surface area contributed by atoms with Crippen LogP contribution in [0, 0.1) is 0 Å². The molecule has 0 aromatic heterocycles. The van der Waals surface area contributed by atoms with E-state index in [0.29, 0.717) is 17.9 Å². The van der Waals surface area contributed by atoms with Gasteiger partial charge in [-0.15, -0.1) is 0 Å². The molecule has 4 rings (SSSR count). The van der Waals surface area contributed by atoms with Gasteiger partial charge in [-0.1, -0.05) is 85.8 Å². The molecule has 0 aliphatic rings. The van der Waals surface area contributed by atoms with E-state index in [1.165, 1.54) is 24.1 Å². The van der Waals surface area contributed by atoms with Gasteiger partial charge in [0.1, 0.15) is 18.3 Å². The maximum absolute atomic E-state index is 14.4. The van der Waals surface area contributed by atoms with E-state index in [4.69, 9.17) is 4.74 Å². The number of aryl methyl sites for hydroxylation is 1. The molecule has 43 heavy (non-hydrogen) atoms. The summed E-state index contributed by atoms with van der Waals surface area (Å²) in [5, 5.41) is 2.70.